The standard InChI is InChI=1S/C15H18N2O/c1-2-12-5-7-17(8-6-12)15-4-3-13(11-18)9-14(15)10-16/h3-4,9,11-12H,2,5-8H2,1H3. The number of aldehydes is 1. The molecule has 0 aliphatic carbocycles. The molecule has 1 heterocycles. The highest BCUT2D eigenvalue weighted by molar-refractivity contribution is 5.78. The second-order valence-corrected chi connectivity index (χ2v) is 4.84. The van der Waals surface area contributed by atoms with Gasteiger partial charge < -0.3 is 4.90 Å². The number of nitrogens with zero attached hydrogens (tertiary/aromatic N) is 2. The van der Waals surface area contributed by atoms with Gasteiger partial charge in [-0.25, -0.2) is 0 Å². The van der Waals surface area contributed by atoms with E-state index in [-0.39, 0.29) is 0 Å². The summed E-state index contributed by atoms with van der Waals surface area (Å²) in [7, 11) is 0. The predicted molar refractivity (Wildman–Crippen MR) is 71.8 cm³/mol. The van der Waals surface area contributed by atoms with Crippen molar-refractivity contribution in [2.45, 2.75) is 26.2 Å². The van der Waals surface area contributed by atoms with Crippen molar-refractivity contribution >= 4 is 12.0 Å². The van der Waals surface area contributed by atoms with Gasteiger partial charge in [-0.1, -0.05) is 13.3 Å². The average Bonchev–Trinajstić information content (AvgIpc) is 2.46. The molecule has 3 heteroatoms. The van der Waals surface area contributed by atoms with Crippen LogP contribution in [-0.2, 0) is 0 Å². The zero-order valence-electron chi connectivity index (χ0n) is 10.7. The number of carbonyl (C=O) groups is 1. The van der Waals surface area contributed by atoms with E-state index in [4.69, 9.17) is 0 Å². The van der Waals surface area contributed by atoms with Crippen LogP contribution in [0.2, 0.25) is 0 Å². The molecule has 0 aromatic heterocycles. The highest BCUT2D eigenvalue weighted by Crippen LogP contribution is 2.27. The molecule has 0 radical (unpaired) electrons. The molecule has 0 bridgehead atoms. The monoisotopic (exact) mass is 242 g/mol. The number of hydrogen-bond donors (Lipinski definition) is 0. The molecule has 1 aromatic rings. The highest BCUT2D eigenvalue weighted by atomic mass is 16.1. The van der Waals surface area contributed by atoms with Crippen LogP contribution in [0.3, 0.4) is 0 Å². The Hall–Kier alpha value is -1.82. The third-order valence-corrected chi connectivity index (χ3v) is 3.81. The van der Waals surface area contributed by atoms with Crippen LogP contribution in [-0.4, -0.2) is 19.4 Å². The third kappa shape index (κ3) is 2.53. The van der Waals surface area contributed by atoms with E-state index in [0.29, 0.717) is 11.1 Å². The van der Waals surface area contributed by atoms with Crippen LogP contribution in [0.1, 0.15) is 42.1 Å². The van der Waals surface area contributed by atoms with Crippen molar-refractivity contribution in [2.75, 3.05) is 18.0 Å². The van der Waals surface area contributed by atoms with Crippen molar-refractivity contribution in [3.05, 3.63) is 29.3 Å². The lowest BCUT2D eigenvalue weighted by molar-refractivity contribution is 0.112. The quantitative estimate of drug-likeness (QED) is 0.765. The van der Waals surface area contributed by atoms with Gasteiger partial charge >= 0.3 is 0 Å². The summed E-state index contributed by atoms with van der Waals surface area (Å²) in [5.74, 6) is 0.820. The largest absolute Gasteiger partial charge is 0.370 e. The Bertz CT molecular complexity index is 468. The van der Waals surface area contributed by atoms with Gasteiger partial charge in [0.1, 0.15) is 12.4 Å². The lowest BCUT2D eigenvalue weighted by Gasteiger charge is -2.33. The summed E-state index contributed by atoms with van der Waals surface area (Å²) in [5, 5.41) is 9.17. The normalized spacial score (nSPS) is 16.3. The number of piperidine rings is 1. The number of rotatable bonds is 3. The number of anilines is 1. The first-order valence-corrected chi connectivity index (χ1v) is 6.52. The minimum Gasteiger partial charge on any atom is -0.370 e. The molecule has 0 unspecified atom stereocenters. The summed E-state index contributed by atoms with van der Waals surface area (Å²) < 4.78 is 0. The van der Waals surface area contributed by atoms with Gasteiger partial charge in [0.05, 0.1) is 11.3 Å². The zero-order valence-corrected chi connectivity index (χ0v) is 10.7. The predicted octanol–water partition coefficient (Wildman–Crippen LogP) is 3.00. The first-order chi connectivity index (χ1) is 8.78. The Morgan fingerprint density at radius 2 is 2.17 bits per heavy atom. The summed E-state index contributed by atoms with van der Waals surface area (Å²) in [6, 6.07) is 7.55. The molecule has 1 fully saturated rings. The van der Waals surface area contributed by atoms with Crippen LogP contribution in [0, 0.1) is 17.2 Å². The minimum absolute atomic E-state index is 0.568. The molecule has 0 saturated carbocycles. The maximum Gasteiger partial charge on any atom is 0.150 e. The van der Waals surface area contributed by atoms with Crippen molar-refractivity contribution in [2.24, 2.45) is 5.92 Å². The van der Waals surface area contributed by atoms with Crippen molar-refractivity contribution in [3.8, 4) is 6.07 Å². The summed E-state index contributed by atoms with van der Waals surface area (Å²) in [5.41, 5.74) is 2.14. The van der Waals surface area contributed by atoms with Gasteiger partial charge in [-0.15, -0.1) is 0 Å². The zero-order chi connectivity index (χ0) is 13.0. The topological polar surface area (TPSA) is 44.1 Å². The van der Waals surface area contributed by atoms with E-state index >= 15 is 0 Å². The van der Waals surface area contributed by atoms with E-state index in [1.54, 1.807) is 12.1 Å². The van der Waals surface area contributed by atoms with E-state index in [1.807, 2.05) is 6.07 Å². The van der Waals surface area contributed by atoms with E-state index in [9.17, 15) is 10.1 Å². The number of carbonyl (C=O) groups excluding carboxylic acids is 1. The Morgan fingerprint density at radius 1 is 1.44 bits per heavy atom. The Balaban J connectivity index is 2.19. The second kappa shape index (κ2) is 5.68. The first kappa shape index (κ1) is 12.6. The van der Waals surface area contributed by atoms with Gasteiger partial charge in [0.2, 0.25) is 0 Å². The lowest BCUT2D eigenvalue weighted by Crippen LogP contribution is -2.33. The summed E-state index contributed by atoms with van der Waals surface area (Å²) in [4.78, 5) is 13.0. The first-order valence-electron chi connectivity index (χ1n) is 6.52. The number of hydrogen-bond acceptors (Lipinski definition) is 3. The van der Waals surface area contributed by atoms with Crippen molar-refractivity contribution in [1.29, 1.82) is 5.26 Å². The molecule has 1 aliphatic heterocycles. The summed E-state index contributed by atoms with van der Waals surface area (Å²) in [6.07, 6.45) is 4.41. The van der Waals surface area contributed by atoms with Gasteiger partial charge in [-0.3, -0.25) is 4.79 Å². The van der Waals surface area contributed by atoms with E-state index in [2.05, 4.69) is 17.9 Å². The lowest BCUT2D eigenvalue weighted by atomic mass is 9.93. The molecule has 0 spiro atoms. The maximum atomic E-state index is 10.7. The van der Waals surface area contributed by atoms with Gasteiger partial charge in [-0.2, -0.15) is 5.26 Å². The fraction of sp³-hybridized carbons (Fsp3) is 0.467. The van der Waals surface area contributed by atoms with Crippen molar-refractivity contribution < 1.29 is 4.79 Å². The molecule has 0 atom stereocenters. The van der Waals surface area contributed by atoms with Gasteiger partial charge in [0.25, 0.3) is 0 Å². The minimum atomic E-state index is 0.568. The molecule has 94 valence electrons. The van der Waals surface area contributed by atoms with Crippen LogP contribution in [0.15, 0.2) is 18.2 Å². The molecule has 18 heavy (non-hydrogen) atoms. The maximum absolute atomic E-state index is 10.7. The Kier molecular flexibility index (Phi) is 3.99. The second-order valence-electron chi connectivity index (χ2n) is 4.84. The van der Waals surface area contributed by atoms with Crippen LogP contribution in [0.5, 0.6) is 0 Å². The van der Waals surface area contributed by atoms with Crippen molar-refractivity contribution in [1.82, 2.24) is 0 Å². The van der Waals surface area contributed by atoms with Gasteiger partial charge in [0.15, 0.2) is 0 Å². The van der Waals surface area contributed by atoms with Gasteiger partial charge in [-0.05, 0) is 37.0 Å². The fourth-order valence-corrected chi connectivity index (χ4v) is 2.57. The van der Waals surface area contributed by atoms with Gasteiger partial charge in [0, 0.05) is 18.7 Å². The molecule has 0 amide bonds. The smallest absolute Gasteiger partial charge is 0.150 e. The fourth-order valence-electron chi connectivity index (χ4n) is 2.57. The van der Waals surface area contributed by atoms with Crippen LogP contribution < -0.4 is 4.90 Å². The molecule has 3 nitrogen and oxygen atoms in total. The molecule has 2 rings (SSSR count). The van der Waals surface area contributed by atoms with E-state index < -0.39 is 0 Å². The molecular weight excluding hydrogens is 224 g/mol. The average molecular weight is 242 g/mol. The number of nitriles is 1. The third-order valence-electron chi connectivity index (χ3n) is 3.81. The Morgan fingerprint density at radius 3 is 2.72 bits per heavy atom. The highest BCUT2D eigenvalue weighted by Gasteiger charge is 2.19. The SMILES string of the molecule is CCC1CCN(c2ccc(C=O)cc2C#N)CC1. The Labute approximate surface area is 108 Å². The van der Waals surface area contributed by atoms with E-state index in [0.717, 1.165) is 31.0 Å². The summed E-state index contributed by atoms with van der Waals surface area (Å²) in [6.45, 7) is 4.25. The summed E-state index contributed by atoms with van der Waals surface area (Å²) >= 11 is 0. The molecule has 1 aromatic carbocycles. The van der Waals surface area contributed by atoms with Crippen LogP contribution in [0.4, 0.5) is 5.69 Å². The van der Waals surface area contributed by atoms with Crippen LogP contribution in [0.25, 0.3) is 0 Å². The number of benzene rings is 1. The molecule has 0 N–H and O–H groups in total. The van der Waals surface area contributed by atoms with Crippen molar-refractivity contribution in [3.63, 3.8) is 0 Å². The molecule has 1 aliphatic rings. The van der Waals surface area contributed by atoms with Crippen LogP contribution >= 0.6 is 0 Å². The molecular formula is C15H18N2O. The van der Waals surface area contributed by atoms with E-state index in [1.165, 1.54) is 19.3 Å². The molecule has 1 saturated heterocycles.